The van der Waals surface area contributed by atoms with Gasteiger partial charge in [-0.3, -0.25) is 0 Å². The topological polar surface area (TPSA) is 19.0 Å². The number of aryl methyl sites for hydroxylation is 3. The van der Waals surface area contributed by atoms with Crippen LogP contribution in [0.5, 0.6) is 0 Å². The molecule has 1 aliphatic carbocycles. The number of aromatic amines is 1. The van der Waals surface area contributed by atoms with Gasteiger partial charge in [-0.25, -0.2) is 0 Å². The van der Waals surface area contributed by atoms with E-state index < -0.39 is 0 Å². The third-order valence-electron chi connectivity index (χ3n) is 4.51. The molecule has 0 fully saturated rings. The molecule has 1 aromatic heterocycles. The molecule has 0 unspecified atom stereocenters. The number of fused-ring (bicyclic) bond motifs is 3. The lowest BCUT2D eigenvalue weighted by Gasteiger charge is -2.28. The molecule has 1 atom stereocenters. The normalized spacial score (nSPS) is 19.5. The van der Waals surface area contributed by atoms with E-state index in [1.165, 1.54) is 47.0 Å². The van der Waals surface area contributed by atoms with Gasteiger partial charge in [0, 0.05) is 22.6 Å². The Labute approximate surface area is 109 Å². The van der Waals surface area contributed by atoms with Crippen molar-refractivity contribution < 1.29 is 0 Å². The minimum Gasteiger partial charge on any atom is -0.358 e. The van der Waals surface area contributed by atoms with Crippen LogP contribution in [0.15, 0.2) is 12.1 Å². The van der Waals surface area contributed by atoms with E-state index in [1.54, 1.807) is 5.56 Å². The highest BCUT2D eigenvalue weighted by Gasteiger charge is 2.23. The molecule has 1 N–H and O–H groups in total. The summed E-state index contributed by atoms with van der Waals surface area (Å²) in [5.74, 6) is 0. The van der Waals surface area contributed by atoms with Crippen molar-refractivity contribution in [2.45, 2.75) is 39.2 Å². The van der Waals surface area contributed by atoms with Crippen LogP contribution in [0.4, 0.5) is 0 Å². The largest absolute Gasteiger partial charge is 0.358 e. The van der Waals surface area contributed by atoms with Gasteiger partial charge in [0.2, 0.25) is 0 Å². The third kappa shape index (κ3) is 1.76. The zero-order valence-electron chi connectivity index (χ0n) is 11.8. The smallest absolute Gasteiger partial charge is 0.0461 e. The van der Waals surface area contributed by atoms with E-state index in [1.807, 2.05) is 0 Å². The standard InChI is InChI=1S/C16H22N2/c1-10-7-13-14-9-12(18(3)4)5-6-15(14)17-16(13)8-11(10)2/h7-8,12,17H,5-6,9H2,1-4H3/t12-/m1/s1. The molecule has 1 aliphatic rings. The Morgan fingerprint density at radius 2 is 1.89 bits per heavy atom. The molecule has 0 aliphatic heterocycles. The van der Waals surface area contributed by atoms with E-state index >= 15 is 0 Å². The molecule has 0 bridgehead atoms. The molecule has 2 heteroatoms. The Morgan fingerprint density at radius 3 is 2.61 bits per heavy atom. The number of hydrogen-bond acceptors (Lipinski definition) is 1. The summed E-state index contributed by atoms with van der Waals surface area (Å²) in [6.45, 7) is 4.40. The molecule has 2 nitrogen and oxygen atoms in total. The van der Waals surface area contributed by atoms with E-state index in [9.17, 15) is 0 Å². The molecule has 96 valence electrons. The van der Waals surface area contributed by atoms with E-state index in [-0.39, 0.29) is 0 Å². The zero-order chi connectivity index (χ0) is 12.9. The molecule has 0 saturated heterocycles. The number of nitrogens with one attached hydrogen (secondary N) is 1. The maximum Gasteiger partial charge on any atom is 0.0461 e. The quantitative estimate of drug-likeness (QED) is 0.813. The Hall–Kier alpha value is -1.28. The van der Waals surface area contributed by atoms with Crippen molar-refractivity contribution in [1.29, 1.82) is 0 Å². The van der Waals surface area contributed by atoms with Crippen LogP contribution in [0.25, 0.3) is 10.9 Å². The highest BCUT2D eigenvalue weighted by atomic mass is 15.1. The minimum absolute atomic E-state index is 0.693. The fourth-order valence-electron chi connectivity index (χ4n) is 3.11. The Balaban J connectivity index is 2.12. The van der Waals surface area contributed by atoms with E-state index in [2.05, 4.69) is 50.0 Å². The highest BCUT2D eigenvalue weighted by Crippen LogP contribution is 2.31. The van der Waals surface area contributed by atoms with Crippen LogP contribution in [0.1, 0.15) is 28.8 Å². The summed E-state index contributed by atoms with van der Waals surface area (Å²) in [5.41, 5.74) is 7.12. The SMILES string of the molecule is Cc1cc2[nH]c3c(c2cc1C)C[C@H](N(C)C)CC3. The van der Waals surface area contributed by atoms with Crippen LogP contribution in [0, 0.1) is 13.8 Å². The van der Waals surface area contributed by atoms with Crippen molar-refractivity contribution in [2.75, 3.05) is 14.1 Å². The van der Waals surface area contributed by atoms with Gasteiger partial charge in [-0.15, -0.1) is 0 Å². The molecule has 18 heavy (non-hydrogen) atoms. The van der Waals surface area contributed by atoms with Crippen molar-refractivity contribution in [1.82, 2.24) is 9.88 Å². The average Bonchev–Trinajstić information content (AvgIpc) is 2.66. The first-order valence-electron chi connectivity index (χ1n) is 6.83. The summed E-state index contributed by atoms with van der Waals surface area (Å²) in [5, 5.41) is 1.44. The van der Waals surface area contributed by atoms with Crippen LogP contribution in [0.2, 0.25) is 0 Å². The Bertz CT molecular complexity index is 593. The van der Waals surface area contributed by atoms with Crippen LogP contribution < -0.4 is 0 Å². The molecular weight excluding hydrogens is 220 g/mol. The number of likely N-dealkylation sites (N-methyl/N-ethyl adjacent to an activating group) is 1. The van der Waals surface area contributed by atoms with Crippen LogP contribution in [0.3, 0.4) is 0 Å². The molecule has 1 heterocycles. The number of aromatic nitrogens is 1. The van der Waals surface area contributed by atoms with Crippen molar-refractivity contribution >= 4 is 10.9 Å². The van der Waals surface area contributed by atoms with E-state index in [0.29, 0.717) is 6.04 Å². The lowest BCUT2D eigenvalue weighted by molar-refractivity contribution is 0.268. The zero-order valence-corrected chi connectivity index (χ0v) is 11.8. The lowest BCUT2D eigenvalue weighted by Crippen LogP contribution is -2.33. The number of nitrogens with zero attached hydrogens (tertiary/aromatic N) is 1. The Morgan fingerprint density at radius 1 is 1.17 bits per heavy atom. The van der Waals surface area contributed by atoms with Gasteiger partial charge in [0.1, 0.15) is 0 Å². The van der Waals surface area contributed by atoms with Crippen molar-refractivity contribution in [2.24, 2.45) is 0 Å². The summed E-state index contributed by atoms with van der Waals surface area (Å²) >= 11 is 0. The summed E-state index contributed by atoms with van der Waals surface area (Å²) in [7, 11) is 4.39. The summed E-state index contributed by atoms with van der Waals surface area (Å²) in [4.78, 5) is 5.99. The van der Waals surface area contributed by atoms with Crippen molar-refractivity contribution in [3.63, 3.8) is 0 Å². The predicted molar refractivity (Wildman–Crippen MR) is 77.3 cm³/mol. The monoisotopic (exact) mass is 242 g/mol. The van der Waals surface area contributed by atoms with Crippen LogP contribution >= 0.6 is 0 Å². The third-order valence-corrected chi connectivity index (χ3v) is 4.51. The number of benzene rings is 1. The van der Waals surface area contributed by atoms with Crippen molar-refractivity contribution in [3.05, 3.63) is 34.5 Å². The van der Waals surface area contributed by atoms with Gasteiger partial charge in [-0.1, -0.05) is 0 Å². The van der Waals surface area contributed by atoms with Gasteiger partial charge in [0.25, 0.3) is 0 Å². The van der Waals surface area contributed by atoms with E-state index in [4.69, 9.17) is 0 Å². The van der Waals surface area contributed by atoms with Gasteiger partial charge in [0.05, 0.1) is 0 Å². The summed E-state index contributed by atoms with van der Waals surface area (Å²) < 4.78 is 0. The van der Waals surface area contributed by atoms with Gasteiger partial charge < -0.3 is 9.88 Å². The average molecular weight is 242 g/mol. The molecular formula is C16H22N2. The molecule has 0 spiro atoms. The summed E-state index contributed by atoms with van der Waals surface area (Å²) in [6, 6.07) is 5.35. The predicted octanol–water partition coefficient (Wildman–Crippen LogP) is 3.20. The molecule has 3 rings (SSSR count). The maximum absolute atomic E-state index is 3.63. The maximum atomic E-state index is 3.63. The highest BCUT2D eigenvalue weighted by molar-refractivity contribution is 5.86. The number of rotatable bonds is 1. The van der Waals surface area contributed by atoms with Gasteiger partial charge in [0.15, 0.2) is 0 Å². The molecule has 1 aromatic carbocycles. The van der Waals surface area contributed by atoms with Gasteiger partial charge in [-0.05, 0) is 76.0 Å². The Kier molecular flexibility index (Phi) is 2.70. The first-order valence-corrected chi connectivity index (χ1v) is 6.83. The van der Waals surface area contributed by atoms with Gasteiger partial charge in [-0.2, -0.15) is 0 Å². The second-order valence-corrected chi connectivity index (χ2v) is 5.92. The lowest BCUT2D eigenvalue weighted by atomic mass is 9.90. The van der Waals surface area contributed by atoms with Crippen LogP contribution in [-0.4, -0.2) is 30.0 Å². The first kappa shape index (κ1) is 11.8. The number of hydrogen-bond donors (Lipinski definition) is 1. The van der Waals surface area contributed by atoms with E-state index in [0.717, 1.165) is 0 Å². The summed E-state index contributed by atoms with van der Waals surface area (Å²) in [6.07, 6.45) is 3.64. The molecule has 2 aromatic rings. The van der Waals surface area contributed by atoms with Crippen molar-refractivity contribution in [3.8, 4) is 0 Å². The number of H-pyrrole nitrogens is 1. The second kappa shape index (κ2) is 4.13. The fraction of sp³-hybridized carbons (Fsp3) is 0.500. The first-order chi connectivity index (χ1) is 8.56. The second-order valence-electron chi connectivity index (χ2n) is 5.92. The minimum atomic E-state index is 0.693. The molecule has 0 saturated carbocycles. The fourth-order valence-corrected chi connectivity index (χ4v) is 3.11. The molecule has 0 amide bonds. The van der Waals surface area contributed by atoms with Crippen LogP contribution in [-0.2, 0) is 12.8 Å². The van der Waals surface area contributed by atoms with Gasteiger partial charge >= 0.3 is 0 Å². The molecule has 0 radical (unpaired) electrons.